The van der Waals surface area contributed by atoms with Gasteiger partial charge in [-0.3, -0.25) is 0 Å². The van der Waals surface area contributed by atoms with E-state index in [1.807, 2.05) is 17.9 Å². The number of rotatable bonds is 2. The number of halogens is 1. The van der Waals surface area contributed by atoms with E-state index < -0.39 is 0 Å². The van der Waals surface area contributed by atoms with Gasteiger partial charge in [0.15, 0.2) is 17.5 Å². The molecule has 0 aromatic carbocycles. The third-order valence-corrected chi connectivity index (χ3v) is 2.37. The number of hydrogen-bond donors (Lipinski definition) is 0. The normalized spacial score (nSPS) is 17.0. The molecule has 4 nitrogen and oxygen atoms in total. The molecule has 0 unspecified atom stereocenters. The average Bonchev–Trinajstić information content (AvgIpc) is 2.33. The third-order valence-electron chi connectivity index (χ3n) is 2.37. The van der Waals surface area contributed by atoms with Gasteiger partial charge in [-0.25, -0.2) is 14.4 Å². The second kappa shape index (κ2) is 5.03. The molecule has 0 N–H and O–H groups in total. The Morgan fingerprint density at radius 2 is 2.19 bits per heavy atom. The highest BCUT2D eigenvalue weighted by molar-refractivity contribution is 5.46. The predicted molar refractivity (Wildman–Crippen MR) is 59.7 cm³/mol. The molecule has 0 atom stereocenters. The molecule has 0 amide bonds. The minimum atomic E-state index is -0.379. The molecule has 0 aliphatic carbocycles. The van der Waals surface area contributed by atoms with Crippen LogP contribution in [0.4, 0.5) is 10.2 Å². The molecule has 0 bridgehead atoms. The van der Waals surface area contributed by atoms with Crippen molar-refractivity contribution in [1.29, 1.82) is 0 Å². The highest BCUT2D eigenvalue weighted by Gasteiger charge is 2.17. The maximum Gasteiger partial charge on any atom is 0.183 e. The summed E-state index contributed by atoms with van der Waals surface area (Å²) in [5.41, 5.74) is 0. The Labute approximate surface area is 93.8 Å². The van der Waals surface area contributed by atoms with Crippen LogP contribution in [0.3, 0.4) is 0 Å². The summed E-state index contributed by atoms with van der Waals surface area (Å²) in [6.45, 7) is 4.44. The predicted octanol–water partition coefficient (Wildman–Crippen LogP) is 1.49. The third kappa shape index (κ3) is 2.36. The van der Waals surface area contributed by atoms with Gasteiger partial charge in [-0.05, 0) is 13.0 Å². The Morgan fingerprint density at radius 3 is 2.88 bits per heavy atom. The first-order valence-corrected chi connectivity index (χ1v) is 5.29. The Bertz CT molecular complexity index is 389. The first kappa shape index (κ1) is 11.0. The molecule has 86 valence electrons. The van der Waals surface area contributed by atoms with Crippen molar-refractivity contribution in [2.75, 3.05) is 31.2 Å². The van der Waals surface area contributed by atoms with Crippen LogP contribution in [-0.2, 0) is 4.74 Å². The highest BCUT2D eigenvalue weighted by atomic mass is 19.1. The summed E-state index contributed by atoms with van der Waals surface area (Å²) in [4.78, 5) is 9.96. The van der Waals surface area contributed by atoms with E-state index in [1.54, 1.807) is 6.08 Å². The van der Waals surface area contributed by atoms with Crippen LogP contribution < -0.4 is 4.90 Å². The molecule has 1 saturated heterocycles. The monoisotopic (exact) mass is 223 g/mol. The number of aromatic nitrogens is 2. The van der Waals surface area contributed by atoms with E-state index in [-0.39, 0.29) is 5.82 Å². The lowest BCUT2D eigenvalue weighted by atomic mass is 10.4. The van der Waals surface area contributed by atoms with Crippen LogP contribution in [0.25, 0.3) is 6.08 Å². The molecule has 0 saturated carbocycles. The van der Waals surface area contributed by atoms with Gasteiger partial charge in [-0.1, -0.05) is 6.08 Å². The number of hydrogen-bond acceptors (Lipinski definition) is 4. The number of allylic oxidation sites excluding steroid dienone is 1. The van der Waals surface area contributed by atoms with E-state index in [0.717, 1.165) is 0 Å². The van der Waals surface area contributed by atoms with Crippen molar-refractivity contribution in [1.82, 2.24) is 9.97 Å². The van der Waals surface area contributed by atoms with E-state index in [0.29, 0.717) is 37.9 Å². The van der Waals surface area contributed by atoms with Crippen molar-refractivity contribution >= 4 is 11.9 Å². The summed E-state index contributed by atoms with van der Waals surface area (Å²) in [5.74, 6) is 0.520. The van der Waals surface area contributed by atoms with Crippen molar-refractivity contribution in [2.45, 2.75) is 6.92 Å². The lowest BCUT2D eigenvalue weighted by Crippen LogP contribution is -2.37. The van der Waals surface area contributed by atoms with Gasteiger partial charge in [0.25, 0.3) is 0 Å². The van der Waals surface area contributed by atoms with Crippen LogP contribution in [0.1, 0.15) is 12.7 Å². The van der Waals surface area contributed by atoms with Crippen molar-refractivity contribution in [3.63, 3.8) is 0 Å². The first-order valence-electron chi connectivity index (χ1n) is 5.29. The molecule has 1 aromatic heterocycles. The fourth-order valence-electron chi connectivity index (χ4n) is 1.60. The van der Waals surface area contributed by atoms with Crippen molar-refractivity contribution < 1.29 is 9.13 Å². The number of nitrogens with zero attached hydrogens (tertiary/aromatic N) is 3. The highest BCUT2D eigenvalue weighted by Crippen LogP contribution is 2.17. The van der Waals surface area contributed by atoms with Crippen LogP contribution in [0.5, 0.6) is 0 Å². The molecule has 2 heterocycles. The van der Waals surface area contributed by atoms with Crippen LogP contribution in [0.2, 0.25) is 0 Å². The standard InChI is InChI=1S/C11H14FN3O/c1-2-3-10-13-8-9(12)11(14-10)15-4-6-16-7-5-15/h2-3,8H,4-7H2,1H3. The molecule has 16 heavy (non-hydrogen) atoms. The minimum absolute atomic E-state index is 0.367. The van der Waals surface area contributed by atoms with E-state index in [9.17, 15) is 4.39 Å². The van der Waals surface area contributed by atoms with Crippen molar-refractivity contribution in [3.05, 3.63) is 23.9 Å². The average molecular weight is 223 g/mol. The van der Waals surface area contributed by atoms with Crippen molar-refractivity contribution in [2.24, 2.45) is 0 Å². The molecule has 1 aliphatic heterocycles. The zero-order chi connectivity index (χ0) is 11.4. The van der Waals surface area contributed by atoms with Gasteiger partial charge in [-0.2, -0.15) is 0 Å². The number of morpholine rings is 1. The molecule has 5 heteroatoms. The zero-order valence-corrected chi connectivity index (χ0v) is 9.19. The summed E-state index contributed by atoms with van der Waals surface area (Å²) in [7, 11) is 0. The summed E-state index contributed by atoms with van der Waals surface area (Å²) in [5, 5.41) is 0. The quantitative estimate of drug-likeness (QED) is 0.761. The molecule has 2 rings (SSSR count). The van der Waals surface area contributed by atoms with E-state index >= 15 is 0 Å². The van der Waals surface area contributed by atoms with E-state index in [2.05, 4.69) is 9.97 Å². The second-order valence-electron chi connectivity index (χ2n) is 3.50. The lowest BCUT2D eigenvalue weighted by molar-refractivity contribution is 0.122. The van der Waals surface area contributed by atoms with Crippen molar-refractivity contribution in [3.8, 4) is 0 Å². The molecular formula is C11H14FN3O. The molecule has 1 aliphatic rings. The minimum Gasteiger partial charge on any atom is -0.378 e. The van der Waals surface area contributed by atoms with Gasteiger partial charge in [0.1, 0.15) is 0 Å². The topological polar surface area (TPSA) is 38.2 Å². The van der Waals surface area contributed by atoms with Gasteiger partial charge in [-0.15, -0.1) is 0 Å². The Balaban J connectivity index is 2.26. The van der Waals surface area contributed by atoms with Crippen LogP contribution in [0.15, 0.2) is 12.3 Å². The first-order chi connectivity index (χ1) is 7.81. The number of anilines is 1. The summed E-state index contributed by atoms with van der Waals surface area (Å²) in [6, 6.07) is 0. The zero-order valence-electron chi connectivity index (χ0n) is 9.19. The lowest BCUT2D eigenvalue weighted by Gasteiger charge is -2.27. The molecule has 0 spiro atoms. The summed E-state index contributed by atoms with van der Waals surface area (Å²) in [6.07, 6.45) is 4.80. The molecule has 1 fully saturated rings. The van der Waals surface area contributed by atoms with Crippen LogP contribution in [-0.4, -0.2) is 36.3 Å². The second-order valence-corrected chi connectivity index (χ2v) is 3.50. The smallest absolute Gasteiger partial charge is 0.183 e. The number of ether oxygens (including phenoxy) is 1. The fraction of sp³-hybridized carbons (Fsp3) is 0.455. The van der Waals surface area contributed by atoms with Gasteiger partial charge in [0, 0.05) is 13.1 Å². The molecular weight excluding hydrogens is 209 g/mol. The van der Waals surface area contributed by atoms with Crippen LogP contribution >= 0.6 is 0 Å². The summed E-state index contributed by atoms with van der Waals surface area (Å²) >= 11 is 0. The maximum absolute atomic E-state index is 13.6. The Kier molecular flexibility index (Phi) is 3.46. The Hall–Kier alpha value is -1.49. The van der Waals surface area contributed by atoms with Gasteiger partial charge >= 0.3 is 0 Å². The fourth-order valence-corrected chi connectivity index (χ4v) is 1.60. The largest absolute Gasteiger partial charge is 0.378 e. The maximum atomic E-state index is 13.6. The van der Waals surface area contributed by atoms with Gasteiger partial charge in [0.2, 0.25) is 0 Å². The Morgan fingerprint density at radius 1 is 1.44 bits per heavy atom. The van der Waals surface area contributed by atoms with E-state index in [1.165, 1.54) is 6.20 Å². The summed E-state index contributed by atoms with van der Waals surface area (Å²) < 4.78 is 18.8. The van der Waals surface area contributed by atoms with Gasteiger partial charge in [0.05, 0.1) is 19.4 Å². The van der Waals surface area contributed by atoms with Gasteiger partial charge < -0.3 is 9.64 Å². The van der Waals surface area contributed by atoms with Crippen LogP contribution in [0, 0.1) is 5.82 Å². The molecule has 0 radical (unpaired) electrons. The SMILES string of the molecule is CC=Cc1ncc(F)c(N2CCOCC2)n1. The van der Waals surface area contributed by atoms with E-state index in [4.69, 9.17) is 4.74 Å². The molecule has 1 aromatic rings.